The molecule has 20 heavy (non-hydrogen) atoms. The van der Waals surface area contributed by atoms with Crippen LogP contribution in [0.3, 0.4) is 0 Å². The number of carbonyl (C=O) groups is 1. The van der Waals surface area contributed by atoms with Crippen molar-refractivity contribution in [3.8, 4) is 0 Å². The van der Waals surface area contributed by atoms with Gasteiger partial charge in [-0.15, -0.1) is 11.3 Å². The van der Waals surface area contributed by atoms with E-state index < -0.39 is 0 Å². The van der Waals surface area contributed by atoms with Crippen LogP contribution in [0.5, 0.6) is 0 Å². The molecule has 1 aromatic heterocycles. The summed E-state index contributed by atoms with van der Waals surface area (Å²) in [5.74, 6) is 1.04. The van der Waals surface area contributed by atoms with E-state index in [-0.39, 0.29) is 5.92 Å². The lowest BCUT2D eigenvalue weighted by Crippen LogP contribution is -2.54. The number of aromatic nitrogens is 1. The Kier molecular flexibility index (Phi) is 4.33. The SMILES string of the molecule is CC(C(=O)N1CCN(Cc2cscn2)CC1)C1CNC1. The number of thiazole rings is 1. The zero-order valence-corrected chi connectivity index (χ0v) is 12.7. The Morgan fingerprint density at radius 2 is 2.20 bits per heavy atom. The minimum absolute atomic E-state index is 0.168. The van der Waals surface area contributed by atoms with Gasteiger partial charge in [-0.05, 0) is 19.0 Å². The lowest BCUT2D eigenvalue weighted by molar-refractivity contribution is -0.139. The van der Waals surface area contributed by atoms with Gasteiger partial charge in [-0.2, -0.15) is 0 Å². The van der Waals surface area contributed by atoms with Crippen LogP contribution < -0.4 is 5.32 Å². The van der Waals surface area contributed by atoms with Gasteiger partial charge in [0.1, 0.15) is 0 Å². The summed E-state index contributed by atoms with van der Waals surface area (Å²) in [5.41, 5.74) is 3.02. The van der Waals surface area contributed by atoms with E-state index in [1.54, 1.807) is 11.3 Å². The normalized spacial score (nSPS) is 22.6. The molecule has 1 aromatic rings. The number of carbonyl (C=O) groups excluding carboxylic acids is 1. The molecule has 3 heterocycles. The quantitative estimate of drug-likeness (QED) is 0.885. The molecule has 2 aliphatic heterocycles. The van der Waals surface area contributed by atoms with Crippen LogP contribution in [-0.2, 0) is 11.3 Å². The fraction of sp³-hybridized carbons (Fsp3) is 0.714. The third-order valence-electron chi connectivity index (χ3n) is 4.46. The van der Waals surface area contributed by atoms with Crippen molar-refractivity contribution in [1.82, 2.24) is 20.1 Å². The first-order valence-corrected chi connectivity index (χ1v) is 8.27. The van der Waals surface area contributed by atoms with Gasteiger partial charge < -0.3 is 10.2 Å². The topological polar surface area (TPSA) is 48.5 Å². The maximum atomic E-state index is 12.4. The largest absolute Gasteiger partial charge is 0.340 e. The van der Waals surface area contributed by atoms with Gasteiger partial charge in [0, 0.05) is 44.0 Å². The van der Waals surface area contributed by atoms with Gasteiger partial charge in [-0.1, -0.05) is 6.92 Å². The highest BCUT2D eigenvalue weighted by molar-refractivity contribution is 7.07. The molecule has 5 nitrogen and oxygen atoms in total. The summed E-state index contributed by atoms with van der Waals surface area (Å²) in [7, 11) is 0. The smallest absolute Gasteiger partial charge is 0.225 e. The fourth-order valence-electron chi connectivity index (χ4n) is 2.83. The Bertz CT molecular complexity index is 438. The number of nitrogens with zero attached hydrogens (tertiary/aromatic N) is 3. The van der Waals surface area contributed by atoms with Gasteiger partial charge in [0.2, 0.25) is 5.91 Å². The molecule has 1 unspecified atom stereocenters. The van der Waals surface area contributed by atoms with Gasteiger partial charge in [0.25, 0.3) is 0 Å². The molecule has 0 saturated carbocycles. The first-order chi connectivity index (χ1) is 9.74. The summed E-state index contributed by atoms with van der Waals surface area (Å²) >= 11 is 1.64. The van der Waals surface area contributed by atoms with E-state index in [1.165, 1.54) is 0 Å². The number of nitrogens with one attached hydrogen (secondary N) is 1. The number of rotatable bonds is 4. The molecule has 2 fully saturated rings. The maximum absolute atomic E-state index is 12.4. The average molecular weight is 294 g/mol. The molecule has 3 rings (SSSR count). The molecule has 1 atom stereocenters. The zero-order chi connectivity index (χ0) is 13.9. The Morgan fingerprint density at radius 1 is 1.45 bits per heavy atom. The second-order valence-electron chi connectivity index (χ2n) is 5.79. The molecule has 1 N–H and O–H groups in total. The molecule has 0 radical (unpaired) electrons. The van der Waals surface area contributed by atoms with Crippen LogP contribution in [0.1, 0.15) is 12.6 Å². The molecule has 2 aliphatic rings. The van der Waals surface area contributed by atoms with Crippen LogP contribution in [0.15, 0.2) is 10.9 Å². The van der Waals surface area contributed by atoms with E-state index in [2.05, 4.69) is 27.5 Å². The van der Waals surface area contributed by atoms with Crippen molar-refractivity contribution in [3.63, 3.8) is 0 Å². The molecule has 6 heteroatoms. The van der Waals surface area contributed by atoms with E-state index in [4.69, 9.17) is 0 Å². The van der Waals surface area contributed by atoms with Crippen LogP contribution in [-0.4, -0.2) is 60.0 Å². The maximum Gasteiger partial charge on any atom is 0.225 e. The molecule has 0 aliphatic carbocycles. The summed E-state index contributed by atoms with van der Waals surface area (Å²) in [5, 5.41) is 5.35. The van der Waals surface area contributed by atoms with Crippen LogP contribution in [0.2, 0.25) is 0 Å². The Labute approximate surface area is 124 Å². The molecule has 110 valence electrons. The number of hydrogen-bond acceptors (Lipinski definition) is 5. The molecule has 0 spiro atoms. The number of hydrogen-bond donors (Lipinski definition) is 1. The first kappa shape index (κ1) is 14.0. The number of piperazine rings is 1. The fourth-order valence-corrected chi connectivity index (χ4v) is 3.37. The van der Waals surface area contributed by atoms with Crippen molar-refractivity contribution >= 4 is 17.2 Å². The lowest BCUT2D eigenvalue weighted by Gasteiger charge is -2.39. The van der Waals surface area contributed by atoms with Gasteiger partial charge in [-0.25, -0.2) is 4.98 Å². The van der Waals surface area contributed by atoms with Crippen molar-refractivity contribution < 1.29 is 4.79 Å². The van der Waals surface area contributed by atoms with Crippen molar-refractivity contribution in [1.29, 1.82) is 0 Å². The van der Waals surface area contributed by atoms with Crippen molar-refractivity contribution in [2.24, 2.45) is 11.8 Å². The molecular weight excluding hydrogens is 272 g/mol. The minimum atomic E-state index is 0.168. The lowest BCUT2D eigenvalue weighted by atomic mass is 9.88. The minimum Gasteiger partial charge on any atom is -0.340 e. The summed E-state index contributed by atoms with van der Waals surface area (Å²) in [6, 6.07) is 0. The van der Waals surface area contributed by atoms with E-state index in [9.17, 15) is 4.79 Å². The van der Waals surface area contributed by atoms with E-state index in [1.807, 2.05) is 10.4 Å². The zero-order valence-electron chi connectivity index (χ0n) is 11.9. The molecule has 0 aromatic carbocycles. The summed E-state index contributed by atoms with van der Waals surface area (Å²) in [6.45, 7) is 8.61. The van der Waals surface area contributed by atoms with Crippen molar-refractivity contribution in [2.75, 3.05) is 39.3 Å². The van der Waals surface area contributed by atoms with Crippen LogP contribution >= 0.6 is 11.3 Å². The predicted molar refractivity (Wildman–Crippen MR) is 79.5 cm³/mol. The second-order valence-corrected chi connectivity index (χ2v) is 6.51. The third-order valence-corrected chi connectivity index (χ3v) is 5.10. The Morgan fingerprint density at radius 3 is 2.75 bits per heavy atom. The number of amides is 1. The Hall–Kier alpha value is -0.980. The van der Waals surface area contributed by atoms with Gasteiger partial charge >= 0.3 is 0 Å². The van der Waals surface area contributed by atoms with E-state index in [0.717, 1.165) is 51.5 Å². The summed E-state index contributed by atoms with van der Waals surface area (Å²) < 4.78 is 0. The van der Waals surface area contributed by atoms with Crippen LogP contribution in [0, 0.1) is 11.8 Å². The average Bonchev–Trinajstić information content (AvgIpc) is 2.89. The molecule has 1 amide bonds. The second kappa shape index (κ2) is 6.20. The standard InChI is InChI=1S/C14H22N4OS/c1-11(12-6-15-7-12)14(19)18-4-2-17(3-5-18)8-13-9-20-10-16-13/h9-12,15H,2-8H2,1H3. The predicted octanol–water partition coefficient (Wildman–Crippen LogP) is 0.643. The highest BCUT2D eigenvalue weighted by Gasteiger charge is 2.32. The van der Waals surface area contributed by atoms with Crippen LogP contribution in [0.4, 0.5) is 0 Å². The first-order valence-electron chi connectivity index (χ1n) is 7.33. The monoisotopic (exact) mass is 294 g/mol. The third kappa shape index (κ3) is 3.02. The molecule has 2 saturated heterocycles. The molecular formula is C14H22N4OS. The van der Waals surface area contributed by atoms with Crippen molar-refractivity contribution in [3.05, 3.63) is 16.6 Å². The van der Waals surface area contributed by atoms with Crippen LogP contribution in [0.25, 0.3) is 0 Å². The summed E-state index contributed by atoms with van der Waals surface area (Å²) in [6.07, 6.45) is 0. The van der Waals surface area contributed by atoms with Gasteiger partial charge in [-0.3, -0.25) is 9.69 Å². The highest BCUT2D eigenvalue weighted by atomic mass is 32.1. The summed E-state index contributed by atoms with van der Waals surface area (Å²) in [4.78, 5) is 21.2. The van der Waals surface area contributed by atoms with Gasteiger partial charge in [0.15, 0.2) is 0 Å². The van der Waals surface area contributed by atoms with Crippen molar-refractivity contribution in [2.45, 2.75) is 13.5 Å². The molecule has 0 bridgehead atoms. The van der Waals surface area contributed by atoms with E-state index in [0.29, 0.717) is 11.8 Å². The van der Waals surface area contributed by atoms with Gasteiger partial charge in [0.05, 0.1) is 11.2 Å². The Balaban J connectivity index is 1.46. The van der Waals surface area contributed by atoms with E-state index >= 15 is 0 Å². The highest BCUT2D eigenvalue weighted by Crippen LogP contribution is 2.19.